The van der Waals surface area contributed by atoms with Gasteiger partial charge in [0.1, 0.15) is 11.5 Å². The highest BCUT2D eigenvalue weighted by molar-refractivity contribution is 5.77. The molecule has 0 saturated carbocycles. The van der Waals surface area contributed by atoms with Crippen LogP contribution in [0, 0.1) is 0 Å². The number of hydrogen-bond donors (Lipinski definition) is 2. The fourth-order valence-electron chi connectivity index (χ4n) is 1.54. The molecule has 0 aliphatic rings. The lowest BCUT2D eigenvalue weighted by molar-refractivity contribution is -0.122. The molecule has 1 amide bonds. The number of ether oxygens (including phenoxy) is 2. The molecule has 0 aliphatic carbocycles. The van der Waals surface area contributed by atoms with E-state index in [2.05, 4.69) is 5.32 Å². The summed E-state index contributed by atoms with van der Waals surface area (Å²) < 4.78 is 11.0. The normalized spacial score (nSPS) is 10.1. The summed E-state index contributed by atoms with van der Waals surface area (Å²) in [5.74, 6) is 1.18. The number of amides is 1. The second kappa shape index (κ2) is 8.37. The molecule has 1 aromatic carbocycles. The van der Waals surface area contributed by atoms with Crippen molar-refractivity contribution in [3.63, 3.8) is 0 Å². The molecule has 0 bridgehead atoms. The SMILES string of the molecule is CCCOc1ccc(CN)c(OCC(=O)NCC)c1. The van der Waals surface area contributed by atoms with Crippen LogP contribution in [0.1, 0.15) is 25.8 Å². The van der Waals surface area contributed by atoms with Crippen LogP contribution in [0.25, 0.3) is 0 Å². The Morgan fingerprint density at radius 1 is 1.32 bits per heavy atom. The van der Waals surface area contributed by atoms with Crippen molar-refractivity contribution in [1.29, 1.82) is 0 Å². The molecule has 0 spiro atoms. The van der Waals surface area contributed by atoms with Crippen LogP contribution in [-0.4, -0.2) is 25.7 Å². The third kappa shape index (κ3) is 5.18. The van der Waals surface area contributed by atoms with Crippen LogP contribution in [0.2, 0.25) is 0 Å². The van der Waals surface area contributed by atoms with Gasteiger partial charge in [-0.2, -0.15) is 0 Å². The van der Waals surface area contributed by atoms with Gasteiger partial charge < -0.3 is 20.5 Å². The van der Waals surface area contributed by atoms with Crippen LogP contribution in [0.3, 0.4) is 0 Å². The molecule has 1 aromatic rings. The minimum atomic E-state index is -0.148. The first kappa shape index (κ1) is 15.3. The summed E-state index contributed by atoms with van der Waals surface area (Å²) in [4.78, 5) is 11.4. The first-order valence-electron chi connectivity index (χ1n) is 6.56. The third-order valence-electron chi connectivity index (χ3n) is 2.46. The van der Waals surface area contributed by atoms with Gasteiger partial charge in [-0.05, 0) is 19.4 Å². The summed E-state index contributed by atoms with van der Waals surface area (Å²) in [5.41, 5.74) is 6.50. The quantitative estimate of drug-likeness (QED) is 0.747. The summed E-state index contributed by atoms with van der Waals surface area (Å²) in [6.45, 7) is 5.49. The van der Waals surface area contributed by atoms with E-state index >= 15 is 0 Å². The molecule has 0 saturated heterocycles. The monoisotopic (exact) mass is 266 g/mol. The van der Waals surface area contributed by atoms with E-state index in [0.717, 1.165) is 17.7 Å². The second-order valence-corrected chi connectivity index (χ2v) is 4.06. The van der Waals surface area contributed by atoms with Gasteiger partial charge in [0.15, 0.2) is 6.61 Å². The molecule has 106 valence electrons. The van der Waals surface area contributed by atoms with Crippen molar-refractivity contribution >= 4 is 5.91 Å². The van der Waals surface area contributed by atoms with Crippen LogP contribution in [0.5, 0.6) is 11.5 Å². The summed E-state index contributed by atoms with van der Waals surface area (Å²) in [7, 11) is 0. The Kier molecular flexibility index (Phi) is 6.74. The minimum Gasteiger partial charge on any atom is -0.493 e. The summed E-state index contributed by atoms with van der Waals surface area (Å²) in [6, 6.07) is 5.49. The first-order chi connectivity index (χ1) is 9.21. The highest BCUT2D eigenvalue weighted by atomic mass is 16.5. The summed E-state index contributed by atoms with van der Waals surface area (Å²) in [5, 5.41) is 2.68. The molecule has 0 unspecified atom stereocenters. The van der Waals surface area contributed by atoms with Gasteiger partial charge in [-0.25, -0.2) is 0 Å². The second-order valence-electron chi connectivity index (χ2n) is 4.06. The van der Waals surface area contributed by atoms with Crippen molar-refractivity contribution in [2.45, 2.75) is 26.8 Å². The van der Waals surface area contributed by atoms with Gasteiger partial charge in [-0.15, -0.1) is 0 Å². The fraction of sp³-hybridized carbons (Fsp3) is 0.500. The molecule has 5 heteroatoms. The average molecular weight is 266 g/mol. The number of carbonyl (C=O) groups is 1. The van der Waals surface area contributed by atoms with E-state index in [-0.39, 0.29) is 12.5 Å². The van der Waals surface area contributed by atoms with Gasteiger partial charge in [0.05, 0.1) is 6.61 Å². The maximum atomic E-state index is 11.4. The lowest BCUT2D eigenvalue weighted by atomic mass is 10.2. The van der Waals surface area contributed by atoms with E-state index in [9.17, 15) is 4.79 Å². The Bertz CT molecular complexity index is 408. The van der Waals surface area contributed by atoms with Crippen molar-refractivity contribution in [3.05, 3.63) is 23.8 Å². The standard InChI is InChI=1S/C14H22N2O3/c1-3-7-18-12-6-5-11(9-15)13(8-12)19-10-14(17)16-4-2/h5-6,8H,3-4,7,9-10,15H2,1-2H3,(H,16,17). The lowest BCUT2D eigenvalue weighted by Crippen LogP contribution is -2.28. The summed E-state index contributed by atoms with van der Waals surface area (Å²) in [6.07, 6.45) is 0.938. The number of carbonyl (C=O) groups excluding carboxylic acids is 1. The van der Waals surface area contributed by atoms with Crippen LogP contribution < -0.4 is 20.5 Å². The highest BCUT2D eigenvalue weighted by Gasteiger charge is 2.07. The zero-order chi connectivity index (χ0) is 14.1. The van der Waals surface area contributed by atoms with Gasteiger partial charge >= 0.3 is 0 Å². The smallest absolute Gasteiger partial charge is 0.257 e. The molecule has 0 radical (unpaired) electrons. The van der Waals surface area contributed by atoms with Gasteiger partial charge in [0.2, 0.25) is 0 Å². The van der Waals surface area contributed by atoms with E-state index in [1.54, 1.807) is 6.07 Å². The number of nitrogens with one attached hydrogen (secondary N) is 1. The first-order valence-corrected chi connectivity index (χ1v) is 6.56. The average Bonchev–Trinajstić information content (AvgIpc) is 2.43. The van der Waals surface area contributed by atoms with Crippen molar-refractivity contribution < 1.29 is 14.3 Å². The molecular weight excluding hydrogens is 244 g/mol. The lowest BCUT2D eigenvalue weighted by Gasteiger charge is -2.12. The Hall–Kier alpha value is -1.75. The molecule has 0 aromatic heterocycles. The molecule has 5 nitrogen and oxygen atoms in total. The van der Waals surface area contributed by atoms with E-state index in [4.69, 9.17) is 15.2 Å². The zero-order valence-corrected chi connectivity index (χ0v) is 11.6. The Morgan fingerprint density at radius 2 is 2.11 bits per heavy atom. The Labute approximate surface area is 114 Å². The third-order valence-corrected chi connectivity index (χ3v) is 2.46. The van der Waals surface area contributed by atoms with Gasteiger partial charge in [-0.3, -0.25) is 4.79 Å². The molecule has 19 heavy (non-hydrogen) atoms. The Morgan fingerprint density at radius 3 is 2.74 bits per heavy atom. The molecule has 0 fully saturated rings. The maximum Gasteiger partial charge on any atom is 0.257 e. The molecule has 1 rings (SSSR count). The predicted molar refractivity (Wildman–Crippen MR) is 74.3 cm³/mol. The minimum absolute atomic E-state index is 0.0158. The van der Waals surface area contributed by atoms with E-state index in [1.165, 1.54) is 0 Å². The van der Waals surface area contributed by atoms with Crippen LogP contribution in [-0.2, 0) is 11.3 Å². The largest absolute Gasteiger partial charge is 0.493 e. The van der Waals surface area contributed by atoms with Crippen LogP contribution in [0.4, 0.5) is 0 Å². The molecule has 0 heterocycles. The maximum absolute atomic E-state index is 11.4. The molecule has 0 aliphatic heterocycles. The summed E-state index contributed by atoms with van der Waals surface area (Å²) >= 11 is 0. The predicted octanol–water partition coefficient (Wildman–Crippen LogP) is 1.45. The fourth-order valence-corrected chi connectivity index (χ4v) is 1.54. The molecular formula is C14H22N2O3. The van der Waals surface area contributed by atoms with Gasteiger partial charge in [-0.1, -0.05) is 13.0 Å². The van der Waals surface area contributed by atoms with Crippen molar-refractivity contribution in [2.24, 2.45) is 5.73 Å². The van der Waals surface area contributed by atoms with Crippen molar-refractivity contribution in [3.8, 4) is 11.5 Å². The van der Waals surface area contributed by atoms with Gasteiger partial charge in [0.25, 0.3) is 5.91 Å². The van der Waals surface area contributed by atoms with Crippen LogP contribution in [0.15, 0.2) is 18.2 Å². The molecule has 0 atom stereocenters. The van der Waals surface area contributed by atoms with Crippen LogP contribution >= 0.6 is 0 Å². The molecule has 3 N–H and O–H groups in total. The number of hydrogen-bond acceptors (Lipinski definition) is 4. The number of nitrogens with two attached hydrogens (primary N) is 1. The van der Waals surface area contributed by atoms with E-state index in [0.29, 0.717) is 25.4 Å². The highest BCUT2D eigenvalue weighted by Crippen LogP contribution is 2.24. The topological polar surface area (TPSA) is 73.6 Å². The van der Waals surface area contributed by atoms with Gasteiger partial charge in [0, 0.05) is 24.7 Å². The van der Waals surface area contributed by atoms with Crippen molar-refractivity contribution in [1.82, 2.24) is 5.32 Å². The Balaban J connectivity index is 2.69. The van der Waals surface area contributed by atoms with E-state index < -0.39 is 0 Å². The number of likely N-dealkylation sites (N-methyl/N-ethyl adjacent to an activating group) is 1. The van der Waals surface area contributed by atoms with Crippen molar-refractivity contribution in [2.75, 3.05) is 19.8 Å². The number of rotatable bonds is 8. The number of benzene rings is 1. The zero-order valence-electron chi connectivity index (χ0n) is 11.6. The van der Waals surface area contributed by atoms with E-state index in [1.807, 2.05) is 26.0 Å².